The number of hydrogen-bond donors (Lipinski definition) is 3. The highest BCUT2D eigenvalue weighted by Crippen LogP contribution is 2.30. The largest absolute Gasteiger partial charge is 0.394 e. The number of pyridine rings is 1. The van der Waals surface area contributed by atoms with Gasteiger partial charge in [0.25, 0.3) is 0 Å². The predicted octanol–water partition coefficient (Wildman–Crippen LogP) is 4.32. The second-order valence-electron chi connectivity index (χ2n) is 6.97. The molecule has 2 amide bonds. The minimum absolute atomic E-state index is 0.00664. The number of rotatable bonds is 5. The number of aliphatic hydroxyl groups is 1. The molecule has 2 heterocycles. The maximum Gasteiger partial charge on any atom is 0.323 e. The number of urea groups is 1. The first-order valence-electron chi connectivity index (χ1n) is 9.50. The molecule has 0 fully saturated rings. The molecule has 2 aromatic carbocycles. The number of carbonyl (C=O) groups is 1. The molecule has 0 atom stereocenters. The fourth-order valence-electron chi connectivity index (χ4n) is 3.29. The van der Waals surface area contributed by atoms with Crippen LogP contribution in [-0.2, 0) is 6.54 Å². The Labute approximate surface area is 176 Å². The third-order valence-electron chi connectivity index (χ3n) is 4.78. The van der Waals surface area contributed by atoms with E-state index < -0.39 is 17.7 Å². The molecule has 2 aromatic heterocycles. The first-order valence-corrected chi connectivity index (χ1v) is 9.50. The molecule has 0 unspecified atom stereocenters. The lowest BCUT2D eigenvalue weighted by Crippen LogP contribution is -2.20. The van der Waals surface area contributed by atoms with E-state index in [-0.39, 0.29) is 18.0 Å². The van der Waals surface area contributed by atoms with Crippen LogP contribution in [0.5, 0.6) is 0 Å². The maximum absolute atomic E-state index is 14.7. The second kappa shape index (κ2) is 8.49. The van der Waals surface area contributed by atoms with Crippen molar-refractivity contribution in [1.82, 2.24) is 14.8 Å². The zero-order valence-corrected chi connectivity index (χ0v) is 16.6. The molecule has 31 heavy (non-hydrogen) atoms. The number of aromatic nitrogens is 3. The highest BCUT2D eigenvalue weighted by Gasteiger charge is 2.14. The third kappa shape index (κ3) is 4.22. The van der Waals surface area contributed by atoms with Gasteiger partial charge in [-0.2, -0.15) is 5.10 Å². The van der Waals surface area contributed by atoms with Crippen LogP contribution >= 0.6 is 0 Å². The summed E-state index contributed by atoms with van der Waals surface area (Å²) in [4.78, 5) is 16.4. The molecule has 0 aliphatic carbocycles. The molecular weight excluding hydrogens is 404 g/mol. The number of benzene rings is 2. The van der Waals surface area contributed by atoms with Gasteiger partial charge in [0.15, 0.2) is 0 Å². The summed E-state index contributed by atoms with van der Waals surface area (Å²) in [6.07, 6.45) is 4.86. The van der Waals surface area contributed by atoms with E-state index in [1.54, 1.807) is 42.3 Å². The lowest BCUT2D eigenvalue weighted by atomic mass is 10.0. The average molecular weight is 423 g/mol. The van der Waals surface area contributed by atoms with E-state index in [0.29, 0.717) is 23.2 Å². The summed E-state index contributed by atoms with van der Waals surface area (Å²) in [5.41, 5.74) is 2.66. The van der Waals surface area contributed by atoms with Crippen LogP contribution in [0.15, 0.2) is 55.0 Å². The summed E-state index contributed by atoms with van der Waals surface area (Å²) in [7, 11) is 0. The Balaban J connectivity index is 1.57. The maximum atomic E-state index is 14.7. The number of anilines is 2. The topological polar surface area (TPSA) is 92.1 Å². The monoisotopic (exact) mass is 423 g/mol. The SMILES string of the molecule is Cc1ccc(F)c(NC(=O)Nc2ccc(-c3cncc4c3cnn4CCO)cc2F)c1. The number of carbonyl (C=O) groups excluding carboxylic acids is 1. The van der Waals surface area contributed by atoms with E-state index in [1.807, 2.05) is 0 Å². The number of fused-ring (bicyclic) bond motifs is 1. The zero-order chi connectivity index (χ0) is 22.0. The van der Waals surface area contributed by atoms with Crippen molar-refractivity contribution in [1.29, 1.82) is 0 Å². The summed E-state index contributed by atoms with van der Waals surface area (Å²) in [6.45, 7) is 2.02. The fourth-order valence-corrected chi connectivity index (χ4v) is 3.29. The predicted molar refractivity (Wildman–Crippen MR) is 114 cm³/mol. The molecule has 7 nitrogen and oxygen atoms in total. The average Bonchev–Trinajstić information content (AvgIpc) is 3.16. The van der Waals surface area contributed by atoms with Gasteiger partial charge in [-0.15, -0.1) is 0 Å². The molecule has 0 saturated carbocycles. The van der Waals surface area contributed by atoms with Gasteiger partial charge >= 0.3 is 6.03 Å². The second-order valence-corrected chi connectivity index (χ2v) is 6.97. The smallest absolute Gasteiger partial charge is 0.323 e. The van der Waals surface area contributed by atoms with Crippen LogP contribution in [0.2, 0.25) is 0 Å². The van der Waals surface area contributed by atoms with Gasteiger partial charge in [0.2, 0.25) is 0 Å². The van der Waals surface area contributed by atoms with E-state index in [2.05, 4.69) is 20.7 Å². The highest BCUT2D eigenvalue weighted by atomic mass is 19.1. The minimum Gasteiger partial charge on any atom is -0.394 e. The van der Waals surface area contributed by atoms with Crippen LogP contribution in [0.3, 0.4) is 0 Å². The summed E-state index contributed by atoms with van der Waals surface area (Å²) < 4.78 is 30.2. The van der Waals surface area contributed by atoms with E-state index in [4.69, 9.17) is 5.11 Å². The van der Waals surface area contributed by atoms with E-state index in [1.165, 1.54) is 24.3 Å². The summed E-state index contributed by atoms with van der Waals surface area (Å²) in [5.74, 6) is -1.24. The van der Waals surface area contributed by atoms with E-state index in [9.17, 15) is 13.6 Å². The molecule has 0 radical (unpaired) electrons. The number of amides is 2. The quantitative estimate of drug-likeness (QED) is 0.446. The molecule has 4 aromatic rings. The Hall–Kier alpha value is -3.85. The number of nitrogens with one attached hydrogen (secondary N) is 2. The first-order chi connectivity index (χ1) is 15.0. The Bertz CT molecular complexity index is 1270. The molecule has 3 N–H and O–H groups in total. The molecule has 0 aliphatic heterocycles. The number of aryl methyl sites for hydroxylation is 1. The number of hydrogen-bond acceptors (Lipinski definition) is 4. The van der Waals surface area contributed by atoms with Gasteiger partial charge < -0.3 is 15.7 Å². The van der Waals surface area contributed by atoms with Gasteiger partial charge in [0, 0.05) is 17.1 Å². The van der Waals surface area contributed by atoms with Crippen molar-refractivity contribution in [2.45, 2.75) is 13.5 Å². The van der Waals surface area contributed by atoms with Crippen molar-refractivity contribution in [2.24, 2.45) is 0 Å². The highest BCUT2D eigenvalue weighted by molar-refractivity contribution is 6.00. The molecule has 0 aliphatic rings. The van der Waals surface area contributed by atoms with Crippen LogP contribution in [0.1, 0.15) is 5.56 Å². The van der Waals surface area contributed by atoms with Crippen molar-refractivity contribution in [3.8, 4) is 11.1 Å². The van der Waals surface area contributed by atoms with Crippen molar-refractivity contribution >= 4 is 28.3 Å². The standard InChI is InChI=1S/C22H19F2N5O2/c1-13-2-4-17(23)20(8-13)28-22(31)27-19-5-3-14(9-18(19)24)15-10-25-12-21-16(15)11-26-29(21)6-7-30/h2-5,8-12,30H,6-7H2,1H3,(H2,27,28,31). The summed E-state index contributed by atoms with van der Waals surface area (Å²) in [6, 6.07) is 7.91. The number of aliphatic hydroxyl groups excluding tert-OH is 1. The Morgan fingerprint density at radius 3 is 2.61 bits per heavy atom. The minimum atomic E-state index is -0.759. The Kier molecular flexibility index (Phi) is 5.59. The zero-order valence-electron chi connectivity index (χ0n) is 16.6. The fraction of sp³-hybridized carbons (Fsp3) is 0.136. The number of nitrogens with zero attached hydrogens (tertiary/aromatic N) is 3. The van der Waals surface area contributed by atoms with Gasteiger partial charge in [0.1, 0.15) is 11.6 Å². The van der Waals surface area contributed by atoms with Crippen molar-refractivity contribution < 1.29 is 18.7 Å². The molecule has 0 spiro atoms. The van der Waals surface area contributed by atoms with Gasteiger partial charge in [-0.1, -0.05) is 12.1 Å². The lowest BCUT2D eigenvalue weighted by molar-refractivity contribution is 0.262. The van der Waals surface area contributed by atoms with Crippen molar-refractivity contribution in [3.63, 3.8) is 0 Å². The van der Waals surface area contributed by atoms with Gasteiger partial charge in [-0.3, -0.25) is 9.67 Å². The van der Waals surface area contributed by atoms with Crippen LogP contribution in [-0.4, -0.2) is 32.5 Å². The van der Waals surface area contributed by atoms with Crippen LogP contribution < -0.4 is 10.6 Å². The van der Waals surface area contributed by atoms with Crippen LogP contribution in [0, 0.1) is 18.6 Å². The third-order valence-corrected chi connectivity index (χ3v) is 4.78. The molecule has 9 heteroatoms. The molecule has 158 valence electrons. The summed E-state index contributed by atoms with van der Waals surface area (Å²) in [5, 5.41) is 18.9. The Morgan fingerprint density at radius 2 is 1.84 bits per heavy atom. The van der Waals surface area contributed by atoms with Crippen molar-refractivity contribution in [2.75, 3.05) is 17.2 Å². The number of halogens is 2. The lowest BCUT2D eigenvalue weighted by Gasteiger charge is -2.11. The van der Waals surface area contributed by atoms with Crippen molar-refractivity contribution in [3.05, 3.63) is 72.2 Å². The molecular formula is C22H19F2N5O2. The first kappa shape index (κ1) is 20.4. The van der Waals surface area contributed by atoms with E-state index in [0.717, 1.165) is 10.9 Å². The molecule has 0 saturated heterocycles. The molecule has 0 bridgehead atoms. The van der Waals surface area contributed by atoms with Gasteiger partial charge in [-0.05, 0) is 42.3 Å². The van der Waals surface area contributed by atoms with Crippen LogP contribution in [0.4, 0.5) is 25.0 Å². The van der Waals surface area contributed by atoms with Crippen LogP contribution in [0.25, 0.3) is 22.0 Å². The van der Waals surface area contributed by atoms with E-state index >= 15 is 0 Å². The van der Waals surface area contributed by atoms with Gasteiger partial charge in [0.05, 0.1) is 42.4 Å². The summed E-state index contributed by atoms with van der Waals surface area (Å²) >= 11 is 0. The normalized spacial score (nSPS) is 11.0. The Morgan fingerprint density at radius 1 is 1.03 bits per heavy atom. The molecule has 4 rings (SSSR count). The van der Waals surface area contributed by atoms with Gasteiger partial charge in [-0.25, -0.2) is 13.6 Å².